The third-order valence-corrected chi connectivity index (χ3v) is 5.83. The number of anilines is 1. The Bertz CT molecular complexity index is 718. The Labute approximate surface area is 175 Å². The maximum absolute atomic E-state index is 12.8. The van der Waals surface area contributed by atoms with Crippen molar-refractivity contribution in [1.82, 2.24) is 10.2 Å². The molecule has 1 aromatic rings. The fourth-order valence-corrected chi connectivity index (χ4v) is 3.93. The molecule has 2 aliphatic rings. The molecular formula is C20H30ClN3O5. The molecule has 0 saturated carbocycles. The van der Waals surface area contributed by atoms with E-state index in [1.165, 1.54) is 6.07 Å². The second-order valence-electron chi connectivity index (χ2n) is 7.59. The molecule has 0 bridgehead atoms. The molecule has 0 aliphatic carbocycles. The van der Waals surface area contributed by atoms with Crippen molar-refractivity contribution in [3.63, 3.8) is 0 Å². The van der Waals surface area contributed by atoms with E-state index in [0.29, 0.717) is 49.8 Å². The first-order valence-electron chi connectivity index (χ1n) is 10.2. The van der Waals surface area contributed by atoms with Gasteiger partial charge in [-0.15, -0.1) is 0 Å². The molecule has 0 unspecified atom stereocenters. The number of amides is 1. The number of nitrogens with zero attached hydrogens (tertiary/aromatic N) is 1. The van der Waals surface area contributed by atoms with Crippen LogP contribution in [0.25, 0.3) is 0 Å². The molecule has 1 fully saturated rings. The summed E-state index contributed by atoms with van der Waals surface area (Å²) in [6, 6.07) is 1.51. The van der Waals surface area contributed by atoms with Crippen LogP contribution in [0.4, 0.5) is 5.69 Å². The Morgan fingerprint density at radius 1 is 1.31 bits per heavy atom. The van der Waals surface area contributed by atoms with Crippen LogP contribution >= 0.6 is 11.6 Å². The minimum absolute atomic E-state index is 0.0199. The number of ether oxygens (including phenoxy) is 2. The highest BCUT2D eigenvalue weighted by atomic mass is 35.5. The summed E-state index contributed by atoms with van der Waals surface area (Å²) in [5, 5.41) is 22.5. The van der Waals surface area contributed by atoms with Gasteiger partial charge in [-0.3, -0.25) is 4.79 Å². The van der Waals surface area contributed by atoms with Crippen LogP contribution in [0.3, 0.4) is 0 Å². The molecular weight excluding hydrogens is 398 g/mol. The maximum Gasteiger partial charge on any atom is 0.255 e. The van der Waals surface area contributed by atoms with Crippen LogP contribution in [-0.2, 0) is 0 Å². The lowest BCUT2D eigenvalue weighted by molar-refractivity contribution is 0.0212. The minimum atomic E-state index is -0.509. The average molecular weight is 428 g/mol. The Morgan fingerprint density at radius 2 is 2.07 bits per heavy atom. The third kappa shape index (κ3) is 5.45. The van der Waals surface area contributed by atoms with Gasteiger partial charge in [0.05, 0.1) is 30.6 Å². The van der Waals surface area contributed by atoms with Gasteiger partial charge >= 0.3 is 0 Å². The first kappa shape index (κ1) is 22.0. The lowest BCUT2D eigenvalue weighted by Crippen LogP contribution is -2.47. The highest BCUT2D eigenvalue weighted by Crippen LogP contribution is 2.43. The number of likely N-dealkylation sites (tertiary alicyclic amines) is 1. The van der Waals surface area contributed by atoms with Crippen LogP contribution in [0.2, 0.25) is 5.02 Å². The summed E-state index contributed by atoms with van der Waals surface area (Å²) in [7, 11) is 0. The van der Waals surface area contributed by atoms with Gasteiger partial charge in [0.2, 0.25) is 0 Å². The van der Waals surface area contributed by atoms with E-state index in [1.807, 2.05) is 0 Å². The molecule has 1 amide bonds. The van der Waals surface area contributed by atoms with Gasteiger partial charge in [0, 0.05) is 32.0 Å². The van der Waals surface area contributed by atoms with Gasteiger partial charge in [0.15, 0.2) is 11.5 Å². The van der Waals surface area contributed by atoms with E-state index in [1.54, 1.807) is 0 Å². The molecule has 1 aromatic carbocycles. The second kappa shape index (κ2) is 10.3. The summed E-state index contributed by atoms with van der Waals surface area (Å²) >= 11 is 6.22. The molecule has 8 nitrogen and oxygen atoms in total. The highest BCUT2D eigenvalue weighted by molar-refractivity contribution is 6.35. The Kier molecular flexibility index (Phi) is 7.83. The second-order valence-corrected chi connectivity index (χ2v) is 7.97. The van der Waals surface area contributed by atoms with E-state index in [9.17, 15) is 9.90 Å². The summed E-state index contributed by atoms with van der Waals surface area (Å²) in [5.41, 5.74) is 6.50. The van der Waals surface area contributed by atoms with Crippen molar-refractivity contribution in [3.8, 4) is 11.5 Å². The van der Waals surface area contributed by atoms with Gasteiger partial charge in [-0.05, 0) is 38.4 Å². The number of carbonyl (C=O) groups excluding carboxylic acids is 1. The van der Waals surface area contributed by atoms with Crippen LogP contribution < -0.4 is 20.5 Å². The van der Waals surface area contributed by atoms with Gasteiger partial charge in [0.1, 0.15) is 5.02 Å². The van der Waals surface area contributed by atoms with Crippen molar-refractivity contribution in [2.45, 2.75) is 31.8 Å². The number of nitrogens with one attached hydrogen (secondary N) is 1. The summed E-state index contributed by atoms with van der Waals surface area (Å²) in [6.07, 6.45) is 2.66. The van der Waals surface area contributed by atoms with Gasteiger partial charge in [-0.2, -0.15) is 0 Å². The number of aliphatic hydroxyl groups is 2. The SMILES string of the molecule is Nc1cc(C(=O)NC[C@@H]2CCN(CCCCO)C[C@H]2O)c2c(c1Cl)OCCCO2. The first-order valence-corrected chi connectivity index (χ1v) is 10.6. The van der Waals surface area contributed by atoms with Gasteiger partial charge in [-0.25, -0.2) is 0 Å². The predicted molar refractivity (Wildman–Crippen MR) is 111 cm³/mol. The standard InChI is InChI=1S/C20H30ClN3O5/c21-17-15(22)10-14(18-19(17)29-9-3-8-28-18)20(27)23-11-13-4-6-24(12-16(13)26)5-1-2-7-25/h10,13,16,25-26H,1-9,11-12,22H2,(H,23,27)/t13-,16+/m0/s1. The Balaban J connectivity index is 1.60. The molecule has 3 rings (SSSR count). The largest absolute Gasteiger partial charge is 0.489 e. The zero-order valence-corrected chi connectivity index (χ0v) is 17.3. The van der Waals surface area contributed by atoms with E-state index >= 15 is 0 Å². The Hall–Kier alpha value is -1.74. The van der Waals surface area contributed by atoms with Crippen LogP contribution in [0, 0.1) is 5.92 Å². The van der Waals surface area contributed by atoms with Gasteiger partial charge in [-0.1, -0.05) is 11.6 Å². The molecule has 2 aliphatic heterocycles. The van der Waals surface area contributed by atoms with E-state index in [2.05, 4.69) is 10.2 Å². The smallest absolute Gasteiger partial charge is 0.255 e. The monoisotopic (exact) mass is 427 g/mol. The molecule has 162 valence electrons. The number of aliphatic hydroxyl groups excluding tert-OH is 2. The van der Waals surface area contributed by atoms with Crippen LogP contribution in [-0.4, -0.2) is 73.1 Å². The fourth-order valence-electron chi connectivity index (χ4n) is 3.74. The van der Waals surface area contributed by atoms with Crippen LogP contribution in [0.5, 0.6) is 11.5 Å². The first-order chi connectivity index (χ1) is 14.0. The number of carbonyl (C=O) groups is 1. The number of hydrogen-bond acceptors (Lipinski definition) is 7. The molecule has 9 heteroatoms. The van der Waals surface area contributed by atoms with E-state index in [0.717, 1.165) is 32.4 Å². The number of nitrogens with two attached hydrogens (primary N) is 1. The minimum Gasteiger partial charge on any atom is -0.489 e. The van der Waals surface area contributed by atoms with E-state index < -0.39 is 6.10 Å². The molecule has 0 spiro atoms. The number of hydrogen-bond donors (Lipinski definition) is 4. The van der Waals surface area contributed by atoms with Crippen molar-refractivity contribution in [2.24, 2.45) is 5.92 Å². The molecule has 1 saturated heterocycles. The molecule has 0 aromatic heterocycles. The Morgan fingerprint density at radius 3 is 2.79 bits per heavy atom. The summed E-state index contributed by atoms with van der Waals surface area (Å²) < 4.78 is 11.3. The predicted octanol–water partition coefficient (Wildman–Crippen LogP) is 1.27. The summed E-state index contributed by atoms with van der Waals surface area (Å²) in [4.78, 5) is 15.0. The number of benzene rings is 1. The number of rotatable bonds is 7. The average Bonchev–Trinajstić information content (AvgIpc) is 2.96. The van der Waals surface area contributed by atoms with Gasteiger partial charge in [0.25, 0.3) is 5.91 Å². The molecule has 29 heavy (non-hydrogen) atoms. The maximum atomic E-state index is 12.8. The van der Waals surface area contributed by atoms with Crippen LogP contribution in [0.15, 0.2) is 6.07 Å². The van der Waals surface area contributed by atoms with Crippen LogP contribution in [0.1, 0.15) is 36.0 Å². The number of unbranched alkanes of at least 4 members (excludes halogenated alkanes) is 1. The van der Waals surface area contributed by atoms with Crippen molar-refractivity contribution in [2.75, 3.05) is 51.7 Å². The lowest BCUT2D eigenvalue weighted by Gasteiger charge is -2.36. The topological polar surface area (TPSA) is 117 Å². The number of halogens is 1. The molecule has 5 N–H and O–H groups in total. The molecule has 2 atom stereocenters. The fraction of sp³-hybridized carbons (Fsp3) is 0.650. The normalized spacial score (nSPS) is 22.2. The summed E-state index contributed by atoms with van der Waals surface area (Å²) in [5.74, 6) is 0.283. The molecule has 0 radical (unpaired) electrons. The van der Waals surface area contributed by atoms with Gasteiger partial charge < -0.3 is 35.6 Å². The number of β-amino-alcohol motifs (C(OH)–C–C–N with tert-alkyl or cyclic N) is 1. The third-order valence-electron chi connectivity index (χ3n) is 5.44. The zero-order chi connectivity index (χ0) is 20.8. The van der Waals surface area contributed by atoms with E-state index in [4.69, 9.17) is 31.9 Å². The lowest BCUT2D eigenvalue weighted by atomic mass is 9.93. The summed E-state index contributed by atoms with van der Waals surface area (Å²) in [6.45, 7) is 3.74. The number of nitrogen functional groups attached to an aromatic ring is 1. The van der Waals surface area contributed by atoms with Crippen molar-refractivity contribution in [3.05, 3.63) is 16.7 Å². The van der Waals surface area contributed by atoms with Crippen molar-refractivity contribution >= 4 is 23.2 Å². The molecule has 2 heterocycles. The quantitative estimate of drug-likeness (QED) is 0.382. The number of piperidine rings is 1. The highest BCUT2D eigenvalue weighted by Gasteiger charge is 2.29. The van der Waals surface area contributed by atoms with Crippen molar-refractivity contribution in [1.29, 1.82) is 0 Å². The zero-order valence-electron chi connectivity index (χ0n) is 16.5. The van der Waals surface area contributed by atoms with E-state index in [-0.39, 0.29) is 29.1 Å². The van der Waals surface area contributed by atoms with Crippen molar-refractivity contribution < 1.29 is 24.5 Å². The number of fused-ring (bicyclic) bond motifs is 1.